The molecule has 2 rings (SSSR count). The molecular formula is C16H11BrClF4NO2. The van der Waals surface area contributed by atoms with Crippen LogP contribution in [-0.4, -0.2) is 10.7 Å². The lowest BCUT2D eigenvalue weighted by Crippen LogP contribution is -2.20. The SMILES string of the molecule is C[C@H](Br)C(=O)Nc1ccc(Oc2cc(C(F)(F)F)ccc2Cl)cc1F. The second kappa shape index (κ2) is 7.61. The van der Waals surface area contributed by atoms with Crippen molar-refractivity contribution in [3.8, 4) is 11.5 Å². The zero-order chi connectivity index (χ0) is 18.8. The first-order chi connectivity index (χ1) is 11.6. The van der Waals surface area contributed by atoms with Crippen molar-refractivity contribution in [2.45, 2.75) is 17.9 Å². The average Bonchev–Trinajstić information content (AvgIpc) is 2.50. The molecule has 0 aliphatic heterocycles. The molecule has 1 atom stereocenters. The fraction of sp³-hybridized carbons (Fsp3) is 0.188. The molecule has 9 heteroatoms. The van der Waals surface area contributed by atoms with Crippen LogP contribution in [0.25, 0.3) is 0 Å². The van der Waals surface area contributed by atoms with Crippen molar-refractivity contribution in [1.29, 1.82) is 0 Å². The first kappa shape index (κ1) is 19.5. The minimum absolute atomic E-state index is 0.0566. The molecule has 134 valence electrons. The van der Waals surface area contributed by atoms with Gasteiger partial charge in [0.1, 0.15) is 17.3 Å². The van der Waals surface area contributed by atoms with Crippen molar-refractivity contribution in [3.05, 3.63) is 52.8 Å². The third-order valence-electron chi connectivity index (χ3n) is 3.05. The number of nitrogens with one attached hydrogen (secondary N) is 1. The molecule has 0 aliphatic rings. The van der Waals surface area contributed by atoms with Gasteiger partial charge in [0, 0.05) is 6.07 Å². The van der Waals surface area contributed by atoms with Crippen molar-refractivity contribution >= 4 is 39.1 Å². The zero-order valence-electron chi connectivity index (χ0n) is 12.6. The van der Waals surface area contributed by atoms with Crippen LogP contribution in [0.1, 0.15) is 12.5 Å². The average molecular weight is 441 g/mol. The normalized spacial score (nSPS) is 12.6. The van der Waals surface area contributed by atoms with Gasteiger partial charge in [-0.1, -0.05) is 27.5 Å². The first-order valence-electron chi connectivity index (χ1n) is 6.87. The van der Waals surface area contributed by atoms with Crippen LogP contribution >= 0.6 is 27.5 Å². The number of alkyl halides is 4. The van der Waals surface area contributed by atoms with E-state index >= 15 is 0 Å². The maximum absolute atomic E-state index is 14.0. The molecule has 0 heterocycles. The van der Waals surface area contributed by atoms with Gasteiger partial charge in [0.2, 0.25) is 5.91 Å². The van der Waals surface area contributed by atoms with Gasteiger partial charge in [-0.15, -0.1) is 0 Å². The largest absolute Gasteiger partial charge is 0.456 e. The maximum atomic E-state index is 14.0. The molecule has 0 saturated heterocycles. The van der Waals surface area contributed by atoms with Gasteiger partial charge in [-0.05, 0) is 37.3 Å². The number of ether oxygens (including phenoxy) is 1. The summed E-state index contributed by atoms with van der Waals surface area (Å²) in [7, 11) is 0. The Balaban J connectivity index is 2.24. The minimum Gasteiger partial charge on any atom is -0.456 e. The Kier molecular flexibility index (Phi) is 5.95. The highest BCUT2D eigenvalue weighted by atomic mass is 79.9. The van der Waals surface area contributed by atoms with Gasteiger partial charge in [-0.3, -0.25) is 4.79 Å². The summed E-state index contributed by atoms with van der Waals surface area (Å²) < 4.78 is 57.5. The van der Waals surface area contributed by atoms with E-state index in [1.807, 2.05) is 0 Å². The molecule has 0 aliphatic carbocycles. The van der Waals surface area contributed by atoms with Crippen LogP contribution < -0.4 is 10.1 Å². The summed E-state index contributed by atoms with van der Waals surface area (Å²) in [6.07, 6.45) is -4.56. The van der Waals surface area contributed by atoms with Gasteiger partial charge in [-0.2, -0.15) is 13.2 Å². The molecule has 0 spiro atoms. The third kappa shape index (κ3) is 5.09. The summed E-state index contributed by atoms with van der Waals surface area (Å²) in [6.45, 7) is 1.57. The molecule has 3 nitrogen and oxygen atoms in total. The van der Waals surface area contributed by atoms with E-state index in [-0.39, 0.29) is 22.2 Å². The zero-order valence-corrected chi connectivity index (χ0v) is 15.0. The van der Waals surface area contributed by atoms with Crippen LogP contribution in [0.5, 0.6) is 11.5 Å². The Hall–Kier alpha value is -1.80. The van der Waals surface area contributed by atoms with Crippen LogP contribution in [0.3, 0.4) is 0 Å². The van der Waals surface area contributed by atoms with Crippen molar-refractivity contribution in [1.82, 2.24) is 0 Å². The van der Waals surface area contributed by atoms with Crippen molar-refractivity contribution in [2.24, 2.45) is 0 Å². The number of carbonyl (C=O) groups excluding carboxylic acids is 1. The molecule has 25 heavy (non-hydrogen) atoms. The van der Waals surface area contributed by atoms with Gasteiger partial charge in [0.05, 0.1) is 21.1 Å². The fourth-order valence-electron chi connectivity index (χ4n) is 1.78. The number of rotatable bonds is 4. The molecule has 0 bridgehead atoms. The predicted molar refractivity (Wildman–Crippen MR) is 89.9 cm³/mol. The molecule has 0 radical (unpaired) electrons. The number of benzene rings is 2. The second-order valence-electron chi connectivity index (χ2n) is 4.99. The molecule has 1 N–H and O–H groups in total. The molecular weight excluding hydrogens is 430 g/mol. The van der Waals surface area contributed by atoms with E-state index in [9.17, 15) is 22.4 Å². The summed E-state index contributed by atoms with van der Waals surface area (Å²) in [5, 5.41) is 2.29. The topological polar surface area (TPSA) is 38.3 Å². The van der Waals surface area contributed by atoms with E-state index in [1.54, 1.807) is 6.92 Å². The Bertz CT molecular complexity index is 796. The van der Waals surface area contributed by atoms with Crippen molar-refractivity contribution < 1.29 is 27.1 Å². The molecule has 0 unspecified atom stereocenters. The molecule has 1 amide bonds. The summed E-state index contributed by atoms with van der Waals surface area (Å²) in [5.74, 6) is -1.58. The van der Waals surface area contributed by atoms with Gasteiger partial charge in [0.25, 0.3) is 0 Å². The quantitative estimate of drug-likeness (QED) is 0.467. The number of hydrogen-bond donors (Lipinski definition) is 1. The fourth-order valence-corrected chi connectivity index (χ4v) is 2.05. The first-order valence-corrected chi connectivity index (χ1v) is 8.16. The van der Waals surface area contributed by atoms with E-state index in [2.05, 4.69) is 21.2 Å². The monoisotopic (exact) mass is 439 g/mol. The van der Waals surface area contributed by atoms with Crippen LogP contribution in [0.2, 0.25) is 5.02 Å². The van der Waals surface area contributed by atoms with Crippen LogP contribution in [-0.2, 0) is 11.0 Å². The summed E-state index contributed by atoms with van der Waals surface area (Å²) in [6, 6.07) is 6.05. The molecule has 2 aromatic carbocycles. The van der Waals surface area contributed by atoms with Gasteiger partial charge >= 0.3 is 6.18 Å². The number of anilines is 1. The molecule has 0 saturated carbocycles. The highest BCUT2D eigenvalue weighted by Gasteiger charge is 2.31. The molecule has 0 aromatic heterocycles. The van der Waals surface area contributed by atoms with Gasteiger partial charge in [0.15, 0.2) is 0 Å². The molecule has 0 fully saturated rings. The van der Waals surface area contributed by atoms with E-state index in [0.717, 1.165) is 24.3 Å². The third-order valence-corrected chi connectivity index (χ3v) is 3.77. The van der Waals surface area contributed by atoms with E-state index in [1.165, 1.54) is 12.1 Å². The Morgan fingerprint density at radius 2 is 1.92 bits per heavy atom. The highest BCUT2D eigenvalue weighted by molar-refractivity contribution is 9.10. The predicted octanol–water partition coefficient (Wildman–Crippen LogP) is 6.01. The van der Waals surface area contributed by atoms with Crippen molar-refractivity contribution in [2.75, 3.05) is 5.32 Å². The highest BCUT2D eigenvalue weighted by Crippen LogP contribution is 2.37. The van der Waals surface area contributed by atoms with E-state index in [0.29, 0.717) is 0 Å². The second-order valence-corrected chi connectivity index (χ2v) is 6.77. The lowest BCUT2D eigenvalue weighted by atomic mass is 10.2. The number of hydrogen-bond acceptors (Lipinski definition) is 2. The summed E-state index contributed by atoms with van der Waals surface area (Å²) in [4.78, 5) is 11.0. The van der Waals surface area contributed by atoms with E-state index < -0.39 is 28.3 Å². The van der Waals surface area contributed by atoms with E-state index in [4.69, 9.17) is 16.3 Å². The standard InChI is InChI=1S/C16H11BrClF4NO2/c1-8(17)15(24)23-13-5-3-10(7-12(13)19)25-14-6-9(16(20,21)22)2-4-11(14)18/h2-8H,1H3,(H,23,24)/t8-/m0/s1. The Labute approximate surface area is 154 Å². The summed E-state index contributed by atoms with van der Waals surface area (Å²) >= 11 is 8.87. The Morgan fingerprint density at radius 3 is 2.48 bits per heavy atom. The smallest absolute Gasteiger partial charge is 0.416 e. The van der Waals surface area contributed by atoms with Crippen LogP contribution in [0.4, 0.5) is 23.2 Å². The van der Waals surface area contributed by atoms with Gasteiger partial charge in [-0.25, -0.2) is 4.39 Å². The van der Waals surface area contributed by atoms with Crippen LogP contribution in [0.15, 0.2) is 36.4 Å². The minimum atomic E-state index is -4.56. The van der Waals surface area contributed by atoms with Crippen molar-refractivity contribution in [3.63, 3.8) is 0 Å². The number of halogens is 6. The summed E-state index contributed by atoms with van der Waals surface area (Å²) in [5.41, 5.74) is -1.03. The number of amides is 1. The maximum Gasteiger partial charge on any atom is 0.416 e. The lowest BCUT2D eigenvalue weighted by molar-refractivity contribution is -0.137. The Morgan fingerprint density at radius 1 is 1.24 bits per heavy atom. The van der Waals surface area contributed by atoms with Crippen LogP contribution in [0, 0.1) is 5.82 Å². The lowest BCUT2D eigenvalue weighted by Gasteiger charge is -2.13. The van der Waals surface area contributed by atoms with Gasteiger partial charge < -0.3 is 10.1 Å². The molecule has 2 aromatic rings. The number of carbonyl (C=O) groups is 1.